The standard InChI is InChI=1S/C20H24BrN3O/c1-4-24(5-2)20(25)12-9-14-13-7-6-8-16-18(13)15(19(21)22-16)10-17(14)23(3)11-12/h6-9,12,17,22H,4-5,10-11H2,1-3H3/t12-,17-/m1/s1/i1D3,2D3,6D,8D. The van der Waals surface area contributed by atoms with Crippen molar-refractivity contribution in [1.82, 2.24) is 14.8 Å². The maximum Gasteiger partial charge on any atom is 0.230 e. The summed E-state index contributed by atoms with van der Waals surface area (Å²) >= 11 is 3.54. The van der Waals surface area contributed by atoms with Crippen molar-refractivity contribution in [2.75, 3.05) is 26.7 Å². The molecular formula is C20H24BrN3O. The molecule has 2 aliphatic rings. The van der Waals surface area contributed by atoms with E-state index in [0.717, 1.165) is 31.6 Å². The molecule has 2 aromatic rings. The Balaban J connectivity index is 1.79. The molecule has 2 heterocycles. The number of carbonyl (C=O) groups excluding carboxylic acids is 1. The average Bonchev–Trinajstić information content (AvgIpc) is 3.00. The molecule has 0 saturated heterocycles. The monoisotopic (exact) mass is 409 g/mol. The minimum Gasteiger partial charge on any atom is -0.349 e. The van der Waals surface area contributed by atoms with Gasteiger partial charge in [0.05, 0.1) is 13.3 Å². The number of H-pyrrole nitrogens is 1. The predicted molar refractivity (Wildman–Crippen MR) is 106 cm³/mol. The van der Waals surface area contributed by atoms with Crippen LogP contribution >= 0.6 is 15.9 Å². The van der Waals surface area contributed by atoms with Crippen molar-refractivity contribution in [2.45, 2.75) is 26.2 Å². The molecule has 0 radical (unpaired) electrons. The molecule has 4 rings (SSSR count). The third-order valence-electron chi connectivity index (χ3n) is 5.21. The number of nitrogens with one attached hydrogen (secondary N) is 1. The molecule has 5 heteroatoms. The van der Waals surface area contributed by atoms with E-state index in [1.807, 2.05) is 11.9 Å². The van der Waals surface area contributed by atoms with Gasteiger partial charge in [-0.05, 0) is 65.8 Å². The van der Waals surface area contributed by atoms with E-state index >= 15 is 0 Å². The molecule has 0 spiro atoms. The summed E-state index contributed by atoms with van der Waals surface area (Å²) in [5, 5.41) is 0.841. The quantitative estimate of drug-likeness (QED) is 0.839. The summed E-state index contributed by atoms with van der Waals surface area (Å²) in [4.78, 5) is 19.5. The van der Waals surface area contributed by atoms with Crippen LogP contribution in [0.5, 0.6) is 0 Å². The lowest BCUT2D eigenvalue weighted by Crippen LogP contribution is -2.47. The van der Waals surface area contributed by atoms with Crippen LogP contribution in [0.1, 0.15) is 35.8 Å². The van der Waals surface area contributed by atoms with Crippen molar-refractivity contribution in [1.29, 1.82) is 0 Å². The van der Waals surface area contributed by atoms with Crippen LogP contribution in [-0.4, -0.2) is 53.4 Å². The lowest BCUT2D eigenvalue weighted by Gasteiger charge is -2.40. The Bertz CT molecular complexity index is 1140. The SMILES string of the molecule is [2H]c1cc2c3c(c(Br)[nH]c3c1[2H])C[C@@H]1C2=C[C@@H](C(=O)N(CC([2H])([2H])[2H])CC([2H])([2H])[2H])CN1C. The highest BCUT2D eigenvalue weighted by Gasteiger charge is 2.37. The number of aromatic nitrogens is 1. The molecule has 25 heavy (non-hydrogen) atoms. The molecule has 0 unspecified atom stereocenters. The highest BCUT2D eigenvalue weighted by Crippen LogP contribution is 2.43. The molecule has 1 aliphatic heterocycles. The van der Waals surface area contributed by atoms with Crippen LogP contribution in [0.25, 0.3) is 16.5 Å². The number of likely N-dealkylation sites (N-methyl/N-ethyl adjacent to an activating group) is 1. The van der Waals surface area contributed by atoms with Crippen LogP contribution in [0.15, 0.2) is 28.8 Å². The molecule has 1 aliphatic carbocycles. The molecule has 1 aromatic heterocycles. The van der Waals surface area contributed by atoms with Crippen molar-refractivity contribution in [3.8, 4) is 0 Å². The van der Waals surface area contributed by atoms with Gasteiger partial charge in [-0.1, -0.05) is 18.2 Å². The van der Waals surface area contributed by atoms with Crippen molar-refractivity contribution in [3.63, 3.8) is 0 Å². The topological polar surface area (TPSA) is 39.3 Å². The van der Waals surface area contributed by atoms with Gasteiger partial charge in [-0.25, -0.2) is 0 Å². The molecule has 1 aromatic carbocycles. The number of halogens is 1. The number of rotatable bonds is 3. The Morgan fingerprint density at radius 3 is 3.08 bits per heavy atom. The van der Waals surface area contributed by atoms with Gasteiger partial charge in [0.25, 0.3) is 0 Å². The Kier molecular flexibility index (Phi) is 2.50. The fourth-order valence-electron chi connectivity index (χ4n) is 3.95. The summed E-state index contributed by atoms with van der Waals surface area (Å²) in [6.07, 6.45) is 2.43. The Morgan fingerprint density at radius 1 is 1.52 bits per heavy atom. The van der Waals surface area contributed by atoms with E-state index in [2.05, 4.69) is 20.9 Å². The van der Waals surface area contributed by atoms with E-state index in [-0.39, 0.29) is 18.1 Å². The van der Waals surface area contributed by atoms with Gasteiger partial charge in [0.15, 0.2) is 0 Å². The van der Waals surface area contributed by atoms with E-state index in [4.69, 9.17) is 11.0 Å². The Morgan fingerprint density at radius 2 is 2.32 bits per heavy atom. The van der Waals surface area contributed by atoms with E-state index < -0.39 is 38.6 Å². The number of aromatic amines is 1. The third-order valence-corrected chi connectivity index (χ3v) is 5.89. The van der Waals surface area contributed by atoms with E-state index in [0.29, 0.717) is 18.5 Å². The second-order valence-electron chi connectivity index (χ2n) is 6.58. The minimum absolute atomic E-state index is 0.0573. The fraction of sp³-hybridized carbons (Fsp3) is 0.450. The van der Waals surface area contributed by atoms with Gasteiger partial charge in [-0.2, -0.15) is 0 Å². The van der Waals surface area contributed by atoms with Gasteiger partial charge in [0, 0.05) is 44.8 Å². The Hall–Kier alpha value is -1.59. The molecule has 1 amide bonds. The van der Waals surface area contributed by atoms with Gasteiger partial charge in [0.1, 0.15) is 0 Å². The van der Waals surface area contributed by atoms with E-state index in [9.17, 15) is 4.79 Å². The molecule has 0 bridgehead atoms. The zero-order valence-electron chi connectivity index (χ0n) is 21.8. The van der Waals surface area contributed by atoms with Crippen LogP contribution in [0.2, 0.25) is 0 Å². The normalized spacial score (nSPS) is 28.3. The van der Waals surface area contributed by atoms with Gasteiger partial charge in [-0.3, -0.25) is 9.69 Å². The maximum atomic E-state index is 13.4. The van der Waals surface area contributed by atoms with Crippen LogP contribution in [0, 0.1) is 5.92 Å². The number of hydrogen-bond acceptors (Lipinski definition) is 2. The van der Waals surface area contributed by atoms with Crippen LogP contribution in [-0.2, 0) is 11.2 Å². The van der Waals surface area contributed by atoms with E-state index in [1.54, 1.807) is 12.1 Å². The molecule has 1 N–H and O–H groups in total. The Labute approximate surface area is 168 Å². The van der Waals surface area contributed by atoms with Gasteiger partial charge < -0.3 is 9.88 Å². The van der Waals surface area contributed by atoms with Crippen LogP contribution < -0.4 is 0 Å². The lowest BCUT2D eigenvalue weighted by atomic mass is 9.79. The lowest BCUT2D eigenvalue weighted by molar-refractivity contribution is -0.134. The van der Waals surface area contributed by atoms with Gasteiger partial charge in [-0.15, -0.1) is 0 Å². The van der Waals surface area contributed by atoms with Crippen molar-refractivity contribution < 1.29 is 15.8 Å². The predicted octanol–water partition coefficient (Wildman–Crippen LogP) is 3.67. The van der Waals surface area contributed by atoms with Crippen LogP contribution in [0.3, 0.4) is 0 Å². The first-order valence-corrected chi connectivity index (χ1v) is 8.97. The van der Waals surface area contributed by atoms with Crippen molar-refractivity contribution in [3.05, 3.63) is 40.0 Å². The first kappa shape index (κ1) is 9.93. The van der Waals surface area contributed by atoms with Gasteiger partial charge in [0.2, 0.25) is 5.91 Å². The average molecular weight is 410 g/mol. The summed E-state index contributed by atoms with van der Waals surface area (Å²) in [6.45, 7) is -5.92. The number of hydrogen-bond donors (Lipinski definition) is 1. The molecule has 0 saturated carbocycles. The first-order chi connectivity index (χ1) is 15.2. The van der Waals surface area contributed by atoms with E-state index in [1.165, 1.54) is 0 Å². The highest BCUT2D eigenvalue weighted by atomic mass is 79.9. The molecule has 132 valence electrons. The largest absolute Gasteiger partial charge is 0.349 e. The molecular weight excluding hydrogens is 378 g/mol. The number of benzene rings is 1. The summed E-state index contributed by atoms with van der Waals surface area (Å²) in [5.41, 5.74) is 3.17. The number of amides is 1. The fourth-order valence-corrected chi connectivity index (χ4v) is 4.51. The summed E-state index contributed by atoms with van der Waals surface area (Å²) in [6, 6.07) is 1.72. The number of fused-ring (bicyclic) bond motifs is 2. The van der Waals surface area contributed by atoms with Crippen molar-refractivity contribution >= 4 is 38.3 Å². The molecule has 0 fully saturated rings. The second-order valence-corrected chi connectivity index (χ2v) is 7.37. The van der Waals surface area contributed by atoms with Crippen molar-refractivity contribution in [2.24, 2.45) is 5.92 Å². The van der Waals surface area contributed by atoms with Crippen LogP contribution in [0.4, 0.5) is 0 Å². The number of nitrogens with zero attached hydrogens (tertiary/aromatic N) is 2. The third kappa shape index (κ3) is 2.56. The minimum atomic E-state index is -2.48. The molecule has 2 atom stereocenters. The zero-order valence-corrected chi connectivity index (χ0v) is 15.4. The second kappa shape index (κ2) is 6.29. The number of carbonyl (C=O) groups is 1. The summed E-state index contributed by atoms with van der Waals surface area (Å²) < 4.78 is 62.6. The van der Waals surface area contributed by atoms with Gasteiger partial charge >= 0.3 is 0 Å². The first-order valence-electron chi connectivity index (χ1n) is 12.2. The smallest absolute Gasteiger partial charge is 0.230 e. The maximum absolute atomic E-state index is 13.4. The highest BCUT2D eigenvalue weighted by molar-refractivity contribution is 9.10. The zero-order chi connectivity index (χ0) is 24.5. The summed E-state index contributed by atoms with van der Waals surface area (Å²) in [5.74, 6) is -1.27. The summed E-state index contributed by atoms with van der Waals surface area (Å²) in [7, 11) is 1.87. The molecule has 4 nitrogen and oxygen atoms in total.